The summed E-state index contributed by atoms with van der Waals surface area (Å²) in [6.45, 7) is 8.62. The first-order valence-corrected chi connectivity index (χ1v) is 13.6. The molecule has 194 valence electrons. The molecule has 37 heavy (non-hydrogen) atoms. The summed E-state index contributed by atoms with van der Waals surface area (Å²) in [4.78, 5) is 41.5. The molecule has 0 saturated heterocycles. The Balaban J connectivity index is 1.61. The third-order valence-corrected chi connectivity index (χ3v) is 7.92. The average Bonchev–Trinajstić information content (AvgIpc) is 3.32. The lowest BCUT2D eigenvalue weighted by Crippen LogP contribution is -2.53. The first-order chi connectivity index (χ1) is 17.7. The Morgan fingerprint density at radius 1 is 1.08 bits per heavy atom. The fraction of sp³-hybridized carbons (Fsp3) is 0.367. The molecule has 0 saturated carbocycles. The minimum atomic E-state index is -0.992. The molecule has 7 heteroatoms. The van der Waals surface area contributed by atoms with E-state index in [1.54, 1.807) is 16.2 Å². The van der Waals surface area contributed by atoms with Crippen LogP contribution in [0.15, 0.2) is 53.9 Å². The van der Waals surface area contributed by atoms with Gasteiger partial charge in [0.15, 0.2) is 0 Å². The Kier molecular flexibility index (Phi) is 8.13. The maximum absolute atomic E-state index is 13.7. The molecule has 2 heterocycles. The lowest BCUT2D eigenvalue weighted by molar-refractivity contribution is -0.138. The van der Waals surface area contributed by atoms with Gasteiger partial charge in [0.05, 0.1) is 12.5 Å². The van der Waals surface area contributed by atoms with Crippen LogP contribution in [0.25, 0.3) is 10.4 Å². The van der Waals surface area contributed by atoms with E-state index in [2.05, 4.69) is 31.3 Å². The molecule has 6 nitrogen and oxygen atoms in total. The molecule has 2 amide bonds. The highest BCUT2D eigenvalue weighted by Crippen LogP contribution is 2.35. The second-order valence-corrected chi connectivity index (χ2v) is 11.1. The number of nitrogens with zero attached hydrogens (tertiary/aromatic N) is 1. The zero-order valence-corrected chi connectivity index (χ0v) is 22.6. The number of benzene rings is 2. The van der Waals surface area contributed by atoms with Crippen LogP contribution in [-0.4, -0.2) is 40.4 Å². The van der Waals surface area contributed by atoms with Gasteiger partial charge in [-0.25, -0.2) is 0 Å². The largest absolute Gasteiger partial charge is 0.481 e. The molecule has 3 aromatic rings. The van der Waals surface area contributed by atoms with E-state index in [1.807, 2.05) is 55.6 Å². The van der Waals surface area contributed by atoms with Gasteiger partial charge in [-0.15, -0.1) is 11.3 Å². The number of thiophene rings is 1. The fourth-order valence-corrected chi connectivity index (χ4v) is 6.27. The summed E-state index contributed by atoms with van der Waals surface area (Å²) in [5.41, 5.74) is 5.81. The SMILES string of the molecule is Cc1cccc(C)c1-c1cc([C@@H](CC(=O)O)NC(=O)[C@@H](CC(C)C)N2CCc3ccccc3C2=O)cs1. The second-order valence-electron chi connectivity index (χ2n) is 10.2. The number of nitrogens with one attached hydrogen (secondary N) is 1. The molecular weight excluding hydrogens is 484 g/mol. The smallest absolute Gasteiger partial charge is 0.305 e. The number of hydrogen-bond acceptors (Lipinski definition) is 4. The maximum atomic E-state index is 13.7. The van der Waals surface area contributed by atoms with Crippen LogP contribution in [0.4, 0.5) is 0 Å². The summed E-state index contributed by atoms with van der Waals surface area (Å²) >= 11 is 1.54. The summed E-state index contributed by atoms with van der Waals surface area (Å²) in [6.07, 6.45) is 0.947. The van der Waals surface area contributed by atoms with Gasteiger partial charge in [0.2, 0.25) is 5.91 Å². The Labute approximate surface area is 222 Å². The lowest BCUT2D eigenvalue weighted by Gasteiger charge is -2.36. The van der Waals surface area contributed by atoms with Crippen molar-refractivity contribution in [3.05, 3.63) is 81.7 Å². The van der Waals surface area contributed by atoms with Crippen LogP contribution in [0.3, 0.4) is 0 Å². The van der Waals surface area contributed by atoms with Gasteiger partial charge < -0.3 is 15.3 Å². The van der Waals surface area contributed by atoms with E-state index in [-0.39, 0.29) is 24.2 Å². The van der Waals surface area contributed by atoms with Crippen molar-refractivity contribution in [2.24, 2.45) is 5.92 Å². The minimum absolute atomic E-state index is 0.148. The van der Waals surface area contributed by atoms with Crippen molar-refractivity contribution in [1.82, 2.24) is 10.2 Å². The number of carbonyl (C=O) groups excluding carboxylic acids is 2. The monoisotopic (exact) mass is 518 g/mol. The topological polar surface area (TPSA) is 86.7 Å². The number of rotatable bonds is 9. The number of hydrogen-bond donors (Lipinski definition) is 2. The van der Waals surface area contributed by atoms with Crippen molar-refractivity contribution in [2.75, 3.05) is 6.54 Å². The maximum Gasteiger partial charge on any atom is 0.305 e. The van der Waals surface area contributed by atoms with Gasteiger partial charge in [0.1, 0.15) is 6.04 Å². The summed E-state index contributed by atoms with van der Waals surface area (Å²) in [5, 5.41) is 14.6. The van der Waals surface area contributed by atoms with E-state index in [0.717, 1.165) is 32.7 Å². The van der Waals surface area contributed by atoms with Crippen LogP contribution < -0.4 is 5.32 Å². The zero-order valence-electron chi connectivity index (χ0n) is 21.8. The van der Waals surface area contributed by atoms with E-state index in [0.29, 0.717) is 24.9 Å². The molecule has 1 aliphatic rings. The van der Waals surface area contributed by atoms with Gasteiger partial charge in [0, 0.05) is 17.0 Å². The predicted octanol–water partition coefficient (Wildman–Crippen LogP) is 5.78. The van der Waals surface area contributed by atoms with E-state index in [9.17, 15) is 19.5 Å². The van der Waals surface area contributed by atoms with E-state index >= 15 is 0 Å². The quantitative estimate of drug-likeness (QED) is 0.376. The van der Waals surface area contributed by atoms with Crippen molar-refractivity contribution in [3.63, 3.8) is 0 Å². The van der Waals surface area contributed by atoms with Gasteiger partial charge in [-0.05, 0) is 77.9 Å². The second kappa shape index (κ2) is 11.3. The van der Waals surface area contributed by atoms with Crippen LogP contribution >= 0.6 is 11.3 Å². The standard InChI is InChI=1S/C30H34N2O4S/c1-18(2)14-25(32-13-12-21-10-5-6-11-23(21)30(32)36)29(35)31-24(16-27(33)34)22-15-26(37-17-22)28-19(3)8-7-9-20(28)4/h5-11,15,17-18,24-25H,12-14,16H2,1-4H3,(H,31,35)(H,33,34)/t24-,25-/m1/s1. The van der Waals surface area contributed by atoms with Gasteiger partial charge in [-0.1, -0.05) is 50.2 Å². The fourth-order valence-electron chi connectivity index (χ4n) is 5.13. The molecule has 2 atom stereocenters. The molecular formula is C30H34N2O4S. The predicted molar refractivity (Wildman–Crippen MR) is 147 cm³/mol. The number of amides is 2. The van der Waals surface area contributed by atoms with Crippen molar-refractivity contribution < 1.29 is 19.5 Å². The number of carbonyl (C=O) groups is 3. The lowest BCUT2D eigenvalue weighted by atomic mass is 9.94. The average molecular weight is 519 g/mol. The van der Waals surface area contributed by atoms with Crippen molar-refractivity contribution in [2.45, 2.75) is 59.0 Å². The van der Waals surface area contributed by atoms with Gasteiger partial charge >= 0.3 is 5.97 Å². The van der Waals surface area contributed by atoms with E-state index < -0.39 is 18.1 Å². The van der Waals surface area contributed by atoms with Gasteiger partial charge in [-0.2, -0.15) is 0 Å². The number of aliphatic carboxylic acids is 1. The zero-order chi connectivity index (χ0) is 26.7. The van der Waals surface area contributed by atoms with Crippen molar-refractivity contribution in [3.8, 4) is 10.4 Å². The molecule has 4 rings (SSSR count). The summed E-state index contributed by atoms with van der Waals surface area (Å²) in [6, 6.07) is 14.3. The first kappa shape index (κ1) is 26.6. The Bertz CT molecular complexity index is 1290. The summed E-state index contributed by atoms with van der Waals surface area (Å²) in [5.74, 6) is -1.28. The molecule has 0 fully saturated rings. The third kappa shape index (κ3) is 5.93. The number of carboxylic acids is 1. The van der Waals surface area contributed by atoms with Crippen LogP contribution in [0.5, 0.6) is 0 Å². The third-order valence-electron chi connectivity index (χ3n) is 6.95. The highest BCUT2D eigenvalue weighted by molar-refractivity contribution is 7.13. The Hall–Kier alpha value is -3.45. The van der Waals surface area contributed by atoms with E-state index in [4.69, 9.17) is 0 Å². The highest BCUT2D eigenvalue weighted by atomic mass is 32.1. The molecule has 0 radical (unpaired) electrons. The number of carboxylic acid groups (broad SMARTS) is 1. The molecule has 0 unspecified atom stereocenters. The molecule has 0 aliphatic carbocycles. The molecule has 2 aromatic carbocycles. The van der Waals surface area contributed by atoms with Crippen LogP contribution in [-0.2, 0) is 16.0 Å². The van der Waals surface area contributed by atoms with Crippen molar-refractivity contribution >= 4 is 29.1 Å². The molecule has 1 aliphatic heterocycles. The molecule has 0 bridgehead atoms. The van der Waals surface area contributed by atoms with Crippen LogP contribution in [0.1, 0.15) is 65.3 Å². The van der Waals surface area contributed by atoms with Gasteiger partial charge in [-0.3, -0.25) is 14.4 Å². The molecule has 0 spiro atoms. The van der Waals surface area contributed by atoms with Crippen LogP contribution in [0.2, 0.25) is 0 Å². The summed E-state index contributed by atoms with van der Waals surface area (Å²) in [7, 11) is 0. The molecule has 2 N–H and O–H groups in total. The number of fused-ring (bicyclic) bond motifs is 1. The van der Waals surface area contributed by atoms with Crippen LogP contribution in [0, 0.1) is 19.8 Å². The first-order valence-electron chi connectivity index (χ1n) is 12.7. The Morgan fingerprint density at radius 3 is 2.46 bits per heavy atom. The highest BCUT2D eigenvalue weighted by Gasteiger charge is 2.35. The van der Waals surface area contributed by atoms with Gasteiger partial charge in [0.25, 0.3) is 5.91 Å². The molecule has 1 aromatic heterocycles. The number of aryl methyl sites for hydroxylation is 2. The normalized spacial score (nSPS) is 14.8. The summed E-state index contributed by atoms with van der Waals surface area (Å²) < 4.78 is 0. The van der Waals surface area contributed by atoms with E-state index in [1.165, 1.54) is 0 Å². The van der Waals surface area contributed by atoms with Crippen molar-refractivity contribution in [1.29, 1.82) is 0 Å². The Morgan fingerprint density at radius 2 is 1.78 bits per heavy atom. The minimum Gasteiger partial charge on any atom is -0.481 e.